The second kappa shape index (κ2) is 9.39. The Kier molecular flexibility index (Phi) is 6.68. The third kappa shape index (κ3) is 4.91. The van der Waals surface area contributed by atoms with Crippen LogP contribution in [-0.4, -0.2) is 54.4 Å². The number of amides is 3. The first-order chi connectivity index (χ1) is 13.6. The standard InChI is InChI=1S/C19H19N3O5S/c20-7-9-27-15-6-2-1-4-13(15)10-16-18(24)22(19(25)28-16)12-17(23)21-11-14-5-3-8-26-14/h1-2,4,6,10,14H,3,5,8-9,11-12H2,(H,21,23)/b16-10-/t14-/m0/s1. The van der Waals surface area contributed by atoms with E-state index in [9.17, 15) is 14.4 Å². The van der Waals surface area contributed by atoms with Gasteiger partial charge in [-0.3, -0.25) is 19.3 Å². The van der Waals surface area contributed by atoms with Gasteiger partial charge in [-0.05, 0) is 36.7 Å². The molecule has 2 fully saturated rings. The van der Waals surface area contributed by atoms with Crippen molar-refractivity contribution in [3.63, 3.8) is 0 Å². The number of nitrogens with zero attached hydrogens (tertiary/aromatic N) is 2. The van der Waals surface area contributed by atoms with E-state index in [1.807, 2.05) is 6.07 Å². The summed E-state index contributed by atoms with van der Waals surface area (Å²) in [5.74, 6) is -0.501. The van der Waals surface area contributed by atoms with Gasteiger partial charge >= 0.3 is 0 Å². The Morgan fingerprint density at radius 2 is 2.25 bits per heavy atom. The minimum atomic E-state index is -0.530. The van der Waals surface area contributed by atoms with Crippen molar-refractivity contribution < 1.29 is 23.9 Å². The number of ether oxygens (including phenoxy) is 2. The molecular weight excluding hydrogens is 382 g/mol. The van der Waals surface area contributed by atoms with Gasteiger partial charge in [0.2, 0.25) is 5.91 Å². The van der Waals surface area contributed by atoms with Crippen LogP contribution in [0.25, 0.3) is 6.08 Å². The van der Waals surface area contributed by atoms with Gasteiger partial charge in [-0.1, -0.05) is 18.2 Å². The fourth-order valence-electron chi connectivity index (χ4n) is 2.85. The number of rotatable bonds is 7. The lowest BCUT2D eigenvalue weighted by atomic mass is 10.2. The largest absolute Gasteiger partial charge is 0.478 e. The van der Waals surface area contributed by atoms with Crippen LogP contribution in [0.2, 0.25) is 0 Å². The van der Waals surface area contributed by atoms with Gasteiger partial charge in [-0.2, -0.15) is 5.26 Å². The van der Waals surface area contributed by atoms with E-state index in [1.54, 1.807) is 24.3 Å². The van der Waals surface area contributed by atoms with Crippen molar-refractivity contribution in [2.24, 2.45) is 0 Å². The highest BCUT2D eigenvalue weighted by Gasteiger charge is 2.36. The number of nitrogens with one attached hydrogen (secondary N) is 1. The molecule has 0 radical (unpaired) electrons. The normalized spacial score (nSPS) is 20.5. The monoisotopic (exact) mass is 401 g/mol. The summed E-state index contributed by atoms with van der Waals surface area (Å²) in [4.78, 5) is 38.0. The molecule has 0 aromatic heterocycles. The molecule has 0 bridgehead atoms. The van der Waals surface area contributed by atoms with E-state index in [1.165, 1.54) is 6.08 Å². The average Bonchev–Trinajstić information content (AvgIpc) is 3.30. The van der Waals surface area contributed by atoms with Crippen LogP contribution in [0, 0.1) is 11.3 Å². The molecule has 0 saturated carbocycles. The molecule has 8 nitrogen and oxygen atoms in total. The summed E-state index contributed by atoms with van der Waals surface area (Å²) < 4.78 is 10.8. The highest BCUT2D eigenvalue weighted by molar-refractivity contribution is 8.18. The average molecular weight is 401 g/mol. The van der Waals surface area contributed by atoms with Crippen molar-refractivity contribution in [2.75, 3.05) is 26.3 Å². The maximum absolute atomic E-state index is 12.6. The Morgan fingerprint density at radius 3 is 3.00 bits per heavy atom. The second-order valence-corrected chi connectivity index (χ2v) is 7.18. The first-order valence-electron chi connectivity index (χ1n) is 8.81. The van der Waals surface area contributed by atoms with E-state index < -0.39 is 17.1 Å². The molecule has 1 N–H and O–H groups in total. The molecule has 0 spiro atoms. The molecule has 1 atom stereocenters. The third-order valence-corrected chi connectivity index (χ3v) is 5.13. The highest BCUT2D eigenvalue weighted by atomic mass is 32.2. The fourth-order valence-corrected chi connectivity index (χ4v) is 3.68. The smallest absolute Gasteiger partial charge is 0.294 e. The molecule has 0 aliphatic carbocycles. The van der Waals surface area contributed by atoms with Crippen LogP contribution in [0.1, 0.15) is 18.4 Å². The van der Waals surface area contributed by atoms with Crippen LogP contribution in [0.4, 0.5) is 4.79 Å². The summed E-state index contributed by atoms with van der Waals surface area (Å²) >= 11 is 0.768. The van der Waals surface area contributed by atoms with Crippen molar-refractivity contribution in [1.29, 1.82) is 5.26 Å². The first-order valence-corrected chi connectivity index (χ1v) is 9.62. The summed E-state index contributed by atoms with van der Waals surface area (Å²) in [6.07, 6.45) is 3.37. The number of para-hydroxylation sites is 1. The predicted octanol–water partition coefficient (Wildman–Crippen LogP) is 1.92. The summed E-state index contributed by atoms with van der Waals surface area (Å²) in [5.41, 5.74) is 0.575. The molecule has 0 unspecified atom stereocenters. The Hall–Kier alpha value is -2.83. The number of hydrogen-bond acceptors (Lipinski definition) is 7. The number of nitriles is 1. The molecule has 9 heteroatoms. The summed E-state index contributed by atoms with van der Waals surface area (Å²) in [7, 11) is 0. The van der Waals surface area contributed by atoms with E-state index in [4.69, 9.17) is 14.7 Å². The predicted molar refractivity (Wildman–Crippen MR) is 102 cm³/mol. The Labute approximate surface area is 166 Å². The van der Waals surface area contributed by atoms with Gasteiger partial charge in [0.1, 0.15) is 18.4 Å². The molecule has 28 heavy (non-hydrogen) atoms. The molecule has 2 aliphatic rings. The maximum atomic E-state index is 12.6. The van der Waals surface area contributed by atoms with Gasteiger partial charge in [0, 0.05) is 18.7 Å². The number of thioether (sulfide) groups is 1. The molecule has 3 amide bonds. The zero-order chi connectivity index (χ0) is 19.9. The molecule has 3 rings (SSSR count). The number of hydrogen-bond donors (Lipinski definition) is 1. The van der Waals surface area contributed by atoms with Gasteiger partial charge in [-0.15, -0.1) is 0 Å². The van der Waals surface area contributed by atoms with E-state index in [2.05, 4.69) is 5.32 Å². The zero-order valence-corrected chi connectivity index (χ0v) is 15.9. The molecule has 1 aromatic rings. The van der Waals surface area contributed by atoms with Crippen molar-refractivity contribution in [1.82, 2.24) is 10.2 Å². The number of carbonyl (C=O) groups is 3. The van der Waals surface area contributed by atoms with Crippen LogP contribution in [0.3, 0.4) is 0 Å². The molecule has 2 heterocycles. The van der Waals surface area contributed by atoms with E-state index >= 15 is 0 Å². The van der Waals surface area contributed by atoms with Gasteiger partial charge in [0.25, 0.3) is 11.1 Å². The Balaban J connectivity index is 1.64. The van der Waals surface area contributed by atoms with Crippen molar-refractivity contribution in [3.05, 3.63) is 34.7 Å². The van der Waals surface area contributed by atoms with E-state index in [0.717, 1.165) is 29.5 Å². The summed E-state index contributed by atoms with van der Waals surface area (Å²) in [6.45, 7) is 0.598. The van der Waals surface area contributed by atoms with Crippen LogP contribution in [0.5, 0.6) is 5.75 Å². The zero-order valence-electron chi connectivity index (χ0n) is 15.1. The lowest BCUT2D eigenvalue weighted by Gasteiger charge is -2.14. The quantitative estimate of drug-likeness (QED) is 0.695. The Morgan fingerprint density at radius 1 is 1.43 bits per heavy atom. The first kappa shape index (κ1) is 19.9. The topological polar surface area (TPSA) is 109 Å². The van der Waals surface area contributed by atoms with E-state index in [-0.39, 0.29) is 24.2 Å². The van der Waals surface area contributed by atoms with Gasteiger partial charge in [0.15, 0.2) is 6.61 Å². The SMILES string of the molecule is N#CCOc1ccccc1/C=C1\SC(=O)N(CC(=O)NC[C@@H]2CCCO2)C1=O. The molecule has 2 saturated heterocycles. The van der Waals surface area contributed by atoms with Crippen LogP contribution >= 0.6 is 11.8 Å². The molecular formula is C19H19N3O5S. The third-order valence-electron chi connectivity index (χ3n) is 4.22. The number of benzene rings is 1. The Bertz CT molecular complexity index is 842. The van der Waals surface area contributed by atoms with Crippen LogP contribution in [-0.2, 0) is 14.3 Å². The summed E-state index contributed by atoms with van der Waals surface area (Å²) in [6, 6.07) is 8.77. The minimum Gasteiger partial charge on any atom is -0.478 e. The maximum Gasteiger partial charge on any atom is 0.294 e. The lowest BCUT2D eigenvalue weighted by molar-refractivity contribution is -0.129. The number of imide groups is 1. The number of carbonyl (C=O) groups excluding carboxylic acids is 3. The fraction of sp³-hybridized carbons (Fsp3) is 0.368. The van der Waals surface area contributed by atoms with Crippen molar-refractivity contribution >= 4 is 34.9 Å². The lowest BCUT2D eigenvalue weighted by Crippen LogP contribution is -2.41. The molecule has 1 aromatic carbocycles. The van der Waals surface area contributed by atoms with Gasteiger partial charge in [-0.25, -0.2) is 0 Å². The summed E-state index contributed by atoms with van der Waals surface area (Å²) in [5, 5.41) is 10.9. The highest BCUT2D eigenvalue weighted by Crippen LogP contribution is 2.33. The minimum absolute atomic E-state index is 0.0105. The van der Waals surface area contributed by atoms with E-state index in [0.29, 0.717) is 24.5 Å². The van der Waals surface area contributed by atoms with Crippen molar-refractivity contribution in [2.45, 2.75) is 18.9 Å². The van der Waals surface area contributed by atoms with Crippen molar-refractivity contribution in [3.8, 4) is 11.8 Å². The van der Waals surface area contributed by atoms with Gasteiger partial charge < -0.3 is 14.8 Å². The second-order valence-electron chi connectivity index (χ2n) is 6.19. The molecule has 146 valence electrons. The van der Waals surface area contributed by atoms with Crippen LogP contribution < -0.4 is 10.1 Å². The van der Waals surface area contributed by atoms with Crippen LogP contribution in [0.15, 0.2) is 29.2 Å². The molecule has 2 aliphatic heterocycles. The van der Waals surface area contributed by atoms with Gasteiger partial charge in [0.05, 0.1) is 11.0 Å².